The minimum atomic E-state index is -4.84. The van der Waals surface area contributed by atoms with Crippen molar-refractivity contribution in [1.82, 2.24) is 0 Å². The van der Waals surface area contributed by atoms with Gasteiger partial charge in [-0.2, -0.15) is 0 Å². The van der Waals surface area contributed by atoms with Gasteiger partial charge in [0, 0.05) is 5.69 Å². The maximum Gasteiger partial charge on any atom is 0.573 e. The number of anilines is 1. The lowest BCUT2D eigenvalue weighted by atomic mass is 10.2. The molecule has 0 aliphatic rings. The van der Waals surface area contributed by atoms with Crippen LogP contribution < -0.4 is 9.46 Å². The first-order chi connectivity index (χ1) is 11.1. The normalized spacial score (nSPS) is 11.8. The average Bonchev–Trinajstić information content (AvgIpc) is 2.47. The van der Waals surface area contributed by atoms with E-state index in [1.54, 1.807) is 0 Å². The Balaban J connectivity index is 2.15. The van der Waals surface area contributed by atoms with Crippen LogP contribution in [0.25, 0.3) is 0 Å². The zero-order chi connectivity index (χ0) is 18.0. The molecule has 0 spiro atoms. The third-order valence-corrected chi connectivity index (χ3v) is 4.15. The number of hydrogen-bond donors (Lipinski definition) is 2. The molecule has 0 atom stereocenters. The Morgan fingerprint density at radius 1 is 1.00 bits per heavy atom. The third-order valence-electron chi connectivity index (χ3n) is 2.75. The van der Waals surface area contributed by atoms with E-state index < -0.39 is 28.1 Å². The Bertz CT molecular complexity index is 830. The van der Waals surface area contributed by atoms with Gasteiger partial charge in [0.1, 0.15) is 5.75 Å². The van der Waals surface area contributed by atoms with Crippen LogP contribution in [-0.2, 0) is 10.0 Å². The quantitative estimate of drug-likeness (QED) is 0.854. The predicted octanol–water partition coefficient (Wildman–Crippen LogP) is 3.08. The molecule has 0 radical (unpaired) electrons. The summed E-state index contributed by atoms with van der Waals surface area (Å²) in [6.45, 7) is 0. The molecule has 0 bridgehead atoms. The minimum Gasteiger partial charge on any atom is -0.478 e. The number of sulfonamides is 1. The maximum atomic E-state index is 12.1. The Kier molecular flexibility index (Phi) is 4.69. The largest absolute Gasteiger partial charge is 0.573 e. The van der Waals surface area contributed by atoms with Crippen LogP contribution in [-0.4, -0.2) is 25.9 Å². The number of hydrogen-bond acceptors (Lipinski definition) is 4. The number of ether oxygens (including phenoxy) is 1. The van der Waals surface area contributed by atoms with Crippen LogP contribution in [0.15, 0.2) is 53.4 Å². The summed E-state index contributed by atoms with van der Waals surface area (Å²) in [5.41, 5.74) is -0.0607. The highest BCUT2D eigenvalue weighted by molar-refractivity contribution is 7.92. The molecule has 10 heteroatoms. The molecule has 0 aliphatic heterocycles. The van der Waals surface area contributed by atoms with Gasteiger partial charge in [-0.3, -0.25) is 4.72 Å². The predicted molar refractivity (Wildman–Crippen MR) is 77.3 cm³/mol. The van der Waals surface area contributed by atoms with Gasteiger partial charge in [0.15, 0.2) is 0 Å². The molecule has 0 aliphatic carbocycles. The summed E-state index contributed by atoms with van der Waals surface area (Å²) in [6, 6.07) is 8.57. The highest BCUT2D eigenvalue weighted by Gasteiger charge is 2.31. The molecular weight excluding hydrogens is 351 g/mol. The number of alkyl halides is 3. The van der Waals surface area contributed by atoms with Crippen LogP contribution in [0.2, 0.25) is 0 Å². The number of halogens is 3. The number of benzene rings is 2. The van der Waals surface area contributed by atoms with Gasteiger partial charge in [-0.1, -0.05) is 0 Å². The molecule has 0 heterocycles. The van der Waals surface area contributed by atoms with E-state index in [4.69, 9.17) is 5.11 Å². The second-order valence-electron chi connectivity index (χ2n) is 4.51. The number of rotatable bonds is 5. The number of nitrogens with one attached hydrogen (secondary N) is 1. The lowest BCUT2D eigenvalue weighted by molar-refractivity contribution is -0.274. The number of carboxylic acid groups (broad SMARTS) is 1. The van der Waals surface area contributed by atoms with Crippen molar-refractivity contribution in [2.45, 2.75) is 11.3 Å². The minimum absolute atomic E-state index is 0.0202. The maximum absolute atomic E-state index is 12.1. The van der Waals surface area contributed by atoms with Crippen LogP contribution in [0.1, 0.15) is 10.4 Å². The van der Waals surface area contributed by atoms with E-state index in [2.05, 4.69) is 9.46 Å². The Labute approximate surface area is 134 Å². The van der Waals surface area contributed by atoms with Crippen LogP contribution in [0.5, 0.6) is 5.75 Å². The summed E-state index contributed by atoms with van der Waals surface area (Å²) in [4.78, 5) is 10.5. The lowest BCUT2D eigenvalue weighted by Gasteiger charge is -2.11. The van der Waals surface area contributed by atoms with Crippen molar-refractivity contribution in [3.05, 3.63) is 54.1 Å². The molecule has 6 nitrogen and oxygen atoms in total. The number of aromatic carboxylic acids is 1. The van der Waals surface area contributed by atoms with Crippen LogP contribution in [0.3, 0.4) is 0 Å². The summed E-state index contributed by atoms with van der Waals surface area (Å²) in [7, 11) is -4.01. The number of carboxylic acids is 1. The third kappa shape index (κ3) is 4.62. The fourth-order valence-corrected chi connectivity index (χ4v) is 2.77. The zero-order valence-corrected chi connectivity index (χ0v) is 12.6. The van der Waals surface area contributed by atoms with Gasteiger partial charge in [-0.25, -0.2) is 13.2 Å². The fraction of sp³-hybridized carbons (Fsp3) is 0.0714. The van der Waals surface area contributed by atoms with Crippen molar-refractivity contribution in [1.29, 1.82) is 0 Å². The molecular formula is C14H10F3NO5S. The highest BCUT2D eigenvalue weighted by atomic mass is 32.2. The fourth-order valence-electron chi connectivity index (χ4n) is 1.72. The summed E-state index contributed by atoms with van der Waals surface area (Å²) in [6.07, 6.45) is -4.84. The molecule has 0 aromatic heterocycles. The van der Waals surface area contributed by atoms with E-state index in [-0.39, 0.29) is 16.1 Å². The first kappa shape index (κ1) is 17.6. The second-order valence-corrected chi connectivity index (χ2v) is 6.19. The van der Waals surface area contributed by atoms with Crippen molar-refractivity contribution >= 4 is 21.7 Å². The Hall–Kier alpha value is -2.75. The molecule has 0 saturated heterocycles. The molecule has 24 heavy (non-hydrogen) atoms. The van der Waals surface area contributed by atoms with Crippen molar-refractivity contribution in [3.8, 4) is 5.75 Å². The molecule has 2 aromatic rings. The molecule has 0 saturated carbocycles. The standard InChI is InChI=1S/C14H10F3NO5S/c15-14(16,17)23-11-5-3-10(4-6-11)18-24(21,22)12-7-1-9(2-8-12)13(19)20/h1-8,18H,(H,19,20). The van der Waals surface area contributed by atoms with Crippen LogP contribution >= 0.6 is 0 Å². The Morgan fingerprint density at radius 3 is 2.00 bits per heavy atom. The lowest BCUT2D eigenvalue weighted by Crippen LogP contribution is -2.17. The first-order valence-corrected chi connectivity index (χ1v) is 7.77. The van der Waals surface area contributed by atoms with Gasteiger partial charge in [-0.05, 0) is 48.5 Å². The van der Waals surface area contributed by atoms with E-state index in [9.17, 15) is 26.4 Å². The SMILES string of the molecule is O=C(O)c1ccc(S(=O)(=O)Nc2ccc(OC(F)(F)F)cc2)cc1. The average molecular weight is 361 g/mol. The van der Waals surface area contributed by atoms with Gasteiger partial charge in [0.05, 0.1) is 10.5 Å². The molecule has 0 amide bonds. The molecule has 2 rings (SSSR count). The van der Waals surface area contributed by atoms with Crippen LogP contribution in [0.4, 0.5) is 18.9 Å². The van der Waals surface area contributed by atoms with Crippen molar-refractivity contribution in [3.63, 3.8) is 0 Å². The molecule has 0 fully saturated rings. The van der Waals surface area contributed by atoms with E-state index in [0.717, 1.165) is 48.5 Å². The van der Waals surface area contributed by atoms with Crippen molar-refractivity contribution in [2.24, 2.45) is 0 Å². The molecule has 2 N–H and O–H groups in total. The van der Waals surface area contributed by atoms with Gasteiger partial charge < -0.3 is 9.84 Å². The van der Waals surface area contributed by atoms with Crippen LogP contribution in [0, 0.1) is 0 Å². The van der Waals surface area contributed by atoms with Crippen molar-refractivity contribution < 1.29 is 36.2 Å². The van der Waals surface area contributed by atoms with E-state index in [1.165, 1.54) is 0 Å². The van der Waals surface area contributed by atoms with Gasteiger partial charge in [0.25, 0.3) is 10.0 Å². The summed E-state index contributed by atoms with van der Waals surface area (Å²) in [5, 5.41) is 8.76. The molecule has 128 valence electrons. The van der Waals surface area contributed by atoms with Crippen molar-refractivity contribution in [2.75, 3.05) is 4.72 Å². The zero-order valence-electron chi connectivity index (χ0n) is 11.7. The highest BCUT2D eigenvalue weighted by Crippen LogP contribution is 2.25. The topological polar surface area (TPSA) is 92.7 Å². The molecule has 0 unspecified atom stereocenters. The van der Waals surface area contributed by atoms with E-state index in [1.807, 2.05) is 0 Å². The smallest absolute Gasteiger partial charge is 0.478 e. The van der Waals surface area contributed by atoms with Gasteiger partial charge in [0.2, 0.25) is 0 Å². The summed E-state index contributed by atoms with van der Waals surface area (Å²) >= 11 is 0. The monoisotopic (exact) mass is 361 g/mol. The first-order valence-electron chi connectivity index (χ1n) is 6.29. The van der Waals surface area contributed by atoms with Gasteiger partial charge in [-0.15, -0.1) is 13.2 Å². The van der Waals surface area contributed by atoms with E-state index in [0.29, 0.717) is 0 Å². The summed E-state index contributed by atoms with van der Waals surface area (Å²) in [5.74, 6) is -1.69. The van der Waals surface area contributed by atoms with E-state index >= 15 is 0 Å². The molecule has 2 aromatic carbocycles. The number of carbonyl (C=O) groups is 1. The summed E-state index contributed by atoms with van der Waals surface area (Å²) < 4.78 is 66.2. The van der Waals surface area contributed by atoms with Gasteiger partial charge >= 0.3 is 12.3 Å². The second kappa shape index (κ2) is 6.40. The Morgan fingerprint density at radius 2 is 1.54 bits per heavy atom.